The van der Waals surface area contributed by atoms with E-state index in [0.717, 1.165) is 0 Å². The van der Waals surface area contributed by atoms with Crippen LogP contribution in [-0.2, 0) is 25.7 Å². The van der Waals surface area contributed by atoms with Crippen LogP contribution in [0.5, 0.6) is 17.2 Å². The van der Waals surface area contributed by atoms with Crippen molar-refractivity contribution in [2.75, 3.05) is 13.7 Å². The first-order valence-corrected chi connectivity index (χ1v) is 10.7. The molecule has 0 bridgehead atoms. The fourth-order valence-electron chi connectivity index (χ4n) is 3.14. The van der Waals surface area contributed by atoms with E-state index < -0.39 is 23.5 Å². The van der Waals surface area contributed by atoms with E-state index in [1.54, 1.807) is 19.1 Å². The topological polar surface area (TPSA) is 130 Å². The van der Waals surface area contributed by atoms with Crippen LogP contribution in [0.1, 0.15) is 36.5 Å². The number of benzene rings is 2. The number of phenolic OH excluding ortho intramolecular Hbond substituents is 1. The number of allylic oxidation sites excluding steroid dienone is 2. The standard InChI is InChI=1S/C26H28O8/c1-3-34-26(32)13-8-20(22(29)10-5-17-4-9-21(28)19(14-17)16-27)23(30)11-6-18-7-12-24(31)25(15-18)33-2/h4-7,9-12,14-15,20,27-28,31H,3,8,13,16H2,1-2H3. The molecule has 0 aliphatic carbocycles. The number of ketones is 2. The number of rotatable bonds is 12. The molecule has 1 atom stereocenters. The van der Waals surface area contributed by atoms with Crippen LogP contribution in [0.3, 0.4) is 0 Å². The van der Waals surface area contributed by atoms with Gasteiger partial charge in [0.05, 0.1) is 26.2 Å². The van der Waals surface area contributed by atoms with E-state index >= 15 is 0 Å². The summed E-state index contributed by atoms with van der Waals surface area (Å²) < 4.78 is 9.95. The summed E-state index contributed by atoms with van der Waals surface area (Å²) in [6.45, 7) is 1.50. The van der Waals surface area contributed by atoms with Crippen molar-refractivity contribution in [2.45, 2.75) is 26.4 Å². The third kappa shape index (κ3) is 7.60. The number of carbonyl (C=O) groups excluding carboxylic acids is 3. The molecule has 0 heterocycles. The summed E-state index contributed by atoms with van der Waals surface area (Å²) in [6, 6.07) is 9.03. The molecule has 0 aromatic heterocycles. The minimum atomic E-state index is -1.11. The summed E-state index contributed by atoms with van der Waals surface area (Å²) in [4.78, 5) is 37.5. The normalized spacial score (nSPS) is 12.1. The smallest absolute Gasteiger partial charge is 0.305 e. The molecule has 0 spiro atoms. The van der Waals surface area contributed by atoms with Crippen molar-refractivity contribution < 1.29 is 39.2 Å². The maximum Gasteiger partial charge on any atom is 0.305 e. The molecule has 180 valence electrons. The maximum absolute atomic E-state index is 12.9. The zero-order valence-corrected chi connectivity index (χ0v) is 19.1. The molecular weight excluding hydrogens is 440 g/mol. The van der Waals surface area contributed by atoms with Gasteiger partial charge in [0.15, 0.2) is 23.1 Å². The number of methoxy groups -OCH3 is 1. The summed E-state index contributed by atoms with van der Waals surface area (Å²) in [5.74, 6) is -2.47. The third-order valence-electron chi connectivity index (χ3n) is 4.99. The van der Waals surface area contributed by atoms with E-state index in [1.165, 1.54) is 55.7 Å². The van der Waals surface area contributed by atoms with Crippen molar-refractivity contribution >= 4 is 29.7 Å². The van der Waals surface area contributed by atoms with E-state index in [2.05, 4.69) is 0 Å². The number of carbonyl (C=O) groups is 3. The zero-order chi connectivity index (χ0) is 25.1. The van der Waals surface area contributed by atoms with Gasteiger partial charge in [0.2, 0.25) is 0 Å². The van der Waals surface area contributed by atoms with E-state index in [9.17, 15) is 29.7 Å². The van der Waals surface area contributed by atoms with Crippen molar-refractivity contribution in [3.05, 3.63) is 65.2 Å². The van der Waals surface area contributed by atoms with Crippen LogP contribution in [0.4, 0.5) is 0 Å². The molecule has 2 aromatic rings. The van der Waals surface area contributed by atoms with Gasteiger partial charge in [0.25, 0.3) is 0 Å². The zero-order valence-electron chi connectivity index (χ0n) is 19.1. The Morgan fingerprint density at radius 2 is 1.53 bits per heavy atom. The van der Waals surface area contributed by atoms with Gasteiger partial charge in [-0.25, -0.2) is 0 Å². The highest BCUT2D eigenvalue weighted by Gasteiger charge is 2.24. The lowest BCUT2D eigenvalue weighted by Gasteiger charge is -2.11. The highest BCUT2D eigenvalue weighted by atomic mass is 16.5. The van der Waals surface area contributed by atoms with Crippen LogP contribution in [0.15, 0.2) is 48.6 Å². The molecule has 1 unspecified atom stereocenters. The summed E-state index contributed by atoms with van der Waals surface area (Å²) in [6.07, 6.45) is 5.32. The summed E-state index contributed by atoms with van der Waals surface area (Å²) in [5, 5.41) is 28.7. The van der Waals surface area contributed by atoms with Crippen molar-refractivity contribution in [2.24, 2.45) is 5.92 Å². The van der Waals surface area contributed by atoms with E-state index in [4.69, 9.17) is 9.47 Å². The third-order valence-corrected chi connectivity index (χ3v) is 4.99. The molecule has 0 fully saturated rings. The molecule has 0 saturated carbocycles. The van der Waals surface area contributed by atoms with Gasteiger partial charge >= 0.3 is 5.97 Å². The molecular formula is C26H28O8. The summed E-state index contributed by atoms with van der Waals surface area (Å²) in [5.41, 5.74) is 1.44. The fourth-order valence-corrected chi connectivity index (χ4v) is 3.14. The Morgan fingerprint density at radius 3 is 2.09 bits per heavy atom. The quantitative estimate of drug-likeness (QED) is 0.245. The summed E-state index contributed by atoms with van der Waals surface area (Å²) in [7, 11) is 1.40. The van der Waals surface area contributed by atoms with Crippen molar-refractivity contribution in [1.29, 1.82) is 0 Å². The number of phenols is 2. The highest BCUT2D eigenvalue weighted by Crippen LogP contribution is 2.27. The Kier molecular flexibility index (Phi) is 10.0. The molecule has 0 amide bonds. The highest BCUT2D eigenvalue weighted by molar-refractivity contribution is 6.13. The molecule has 0 radical (unpaired) electrons. The Morgan fingerprint density at radius 1 is 0.941 bits per heavy atom. The van der Waals surface area contributed by atoms with Gasteiger partial charge in [-0.2, -0.15) is 0 Å². The number of aromatic hydroxyl groups is 2. The lowest BCUT2D eigenvalue weighted by molar-refractivity contribution is -0.143. The predicted molar refractivity (Wildman–Crippen MR) is 126 cm³/mol. The molecule has 0 aliphatic rings. The van der Waals surface area contributed by atoms with Crippen LogP contribution in [-0.4, -0.2) is 46.6 Å². The van der Waals surface area contributed by atoms with Crippen molar-refractivity contribution in [1.82, 2.24) is 0 Å². The Bertz CT molecular complexity index is 1010. The second kappa shape index (κ2) is 13.0. The van der Waals surface area contributed by atoms with Crippen LogP contribution in [0.2, 0.25) is 0 Å². The first kappa shape index (κ1) is 26.3. The first-order valence-electron chi connectivity index (χ1n) is 10.7. The van der Waals surface area contributed by atoms with Crippen molar-refractivity contribution in [3.8, 4) is 17.2 Å². The second-order valence-corrected chi connectivity index (χ2v) is 7.35. The Hall–Kier alpha value is -3.91. The molecule has 8 heteroatoms. The van der Waals surface area contributed by atoms with Gasteiger partial charge in [0.1, 0.15) is 5.75 Å². The maximum atomic E-state index is 12.9. The number of hydrogen-bond donors (Lipinski definition) is 3. The van der Waals surface area contributed by atoms with Crippen LogP contribution in [0, 0.1) is 5.92 Å². The largest absolute Gasteiger partial charge is 0.508 e. The molecule has 3 N–H and O–H groups in total. The van der Waals surface area contributed by atoms with Gasteiger partial charge in [-0.1, -0.05) is 24.3 Å². The lowest BCUT2D eigenvalue weighted by Crippen LogP contribution is -2.22. The Labute approximate surface area is 197 Å². The number of aliphatic hydroxyl groups is 1. The lowest BCUT2D eigenvalue weighted by atomic mass is 9.92. The van der Waals surface area contributed by atoms with E-state index in [0.29, 0.717) is 16.7 Å². The van der Waals surface area contributed by atoms with Gasteiger partial charge in [-0.3, -0.25) is 14.4 Å². The monoisotopic (exact) mass is 468 g/mol. The van der Waals surface area contributed by atoms with Crippen molar-refractivity contribution in [3.63, 3.8) is 0 Å². The second-order valence-electron chi connectivity index (χ2n) is 7.35. The molecule has 2 aromatic carbocycles. The molecule has 2 rings (SSSR count). The van der Waals surface area contributed by atoms with Crippen LogP contribution in [0.25, 0.3) is 12.2 Å². The van der Waals surface area contributed by atoms with Crippen LogP contribution < -0.4 is 4.74 Å². The molecule has 0 aliphatic heterocycles. The number of aliphatic hydroxyl groups excluding tert-OH is 1. The average Bonchev–Trinajstić information content (AvgIpc) is 2.83. The molecule has 8 nitrogen and oxygen atoms in total. The SMILES string of the molecule is CCOC(=O)CCC(C(=O)C=Cc1ccc(O)c(CO)c1)C(=O)C=Cc1ccc(O)c(OC)c1. The predicted octanol–water partition coefficient (Wildman–Crippen LogP) is 3.42. The molecule has 34 heavy (non-hydrogen) atoms. The number of ether oxygens (including phenoxy) is 2. The van der Waals surface area contributed by atoms with Gasteiger partial charge in [0, 0.05) is 12.0 Å². The molecule has 0 saturated heterocycles. The van der Waals surface area contributed by atoms with Gasteiger partial charge in [-0.15, -0.1) is 0 Å². The minimum absolute atomic E-state index is 0.0262. The van der Waals surface area contributed by atoms with E-state index in [1.807, 2.05) is 0 Å². The van der Waals surface area contributed by atoms with E-state index in [-0.39, 0.29) is 43.3 Å². The Balaban J connectivity index is 2.22. The van der Waals surface area contributed by atoms with Gasteiger partial charge in [-0.05, 0) is 60.9 Å². The average molecular weight is 469 g/mol. The fraction of sp³-hybridized carbons (Fsp3) is 0.269. The number of esters is 1. The van der Waals surface area contributed by atoms with Crippen LogP contribution >= 0.6 is 0 Å². The van der Waals surface area contributed by atoms with Gasteiger partial charge < -0.3 is 24.8 Å². The summed E-state index contributed by atoms with van der Waals surface area (Å²) >= 11 is 0. The minimum Gasteiger partial charge on any atom is -0.508 e. The first-order chi connectivity index (χ1) is 16.3. The number of hydrogen-bond acceptors (Lipinski definition) is 8.